The summed E-state index contributed by atoms with van der Waals surface area (Å²) in [6.07, 6.45) is 1.26. The molecule has 2 nitrogen and oxygen atoms in total. The molecule has 62 valence electrons. The largest absolute Gasteiger partial charge is 0.389 e. The van der Waals surface area contributed by atoms with Crippen molar-refractivity contribution >= 4 is 11.6 Å². The van der Waals surface area contributed by atoms with E-state index in [0.29, 0.717) is 0 Å². The van der Waals surface area contributed by atoms with Crippen molar-refractivity contribution in [2.45, 2.75) is 32.0 Å². The molecule has 0 aliphatic rings. The van der Waals surface area contributed by atoms with Crippen LogP contribution < -0.4 is 0 Å². The van der Waals surface area contributed by atoms with Crippen LogP contribution in [0.3, 0.4) is 0 Å². The Kier molecular flexibility index (Phi) is 6.08. The molecule has 0 saturated carbocycles. The summed E-state index contributed by atoms with van der Waals surface area (Å²) in [5.41, 5.74) is 0. The standard InChI is InChI=1S/C7H15ClO2/c1-3-4-7(10-2)6(9)5-8/h6-7,9H,3-5H2,1-2H3. The van der Waals surface area contributed by atoms with Crippen molar-refractivity contribution in [2.75, 3.05) is 13.0 Å². The van der Waals surface area contributed by atoms with Gasteiger partial charge in [-0.1, -0.05) is 13.3 Å². The van der Waals surface area contributed by atoms with Gasteiger partial charge >= 0.3 is 0 Å². The highest BCUT2D eigenvalue weighted by atomic mass is 35.5. The normalized spacial score (nSPS) is 16.8. The van der Waals surface area contributed by atoms with Gasteiger partial charge in [0.25, 0.3) is 0 Å². The SMILES string of the molecule is CCCC(OC)C(O)CCl. The summed E-state index contributed by atoms with van der Waals surface area (Å²) in [6, 6.07) is 0. The number of aliphatic hydroxyl groups excluding tert-OH is 1. The van der Waals surface area contributed by atoms with E-state index in [2.05, 4.69) is 0 Å². The number of aliphatic hydroxyl groups is 1. The van der Waals surface area contributed by atoms with Crippen LogP contribution in [0.2, 0.25) is 0 Å². The number of hydrogen-bond donors (Lipinski definition) is 1. The maximum Gasteiger partial charge on any atom is 0.0936 e. The number of halogens is 1. The Labute approximate surface area is 67.1 Å². The van der Waals surface area contributed by atoms with E-state index in [1.807, 2.05) is 6.92 Å². The Balaban J connectivity index is 3.56. The second-order valence-electron chi connectivity index (χ2n) is 2.28. The molecule has 0 aliphatic carbocycles. The van der Waals surface area contributed by atoms with Crippen molar-refractivity contribution in [3.63, 3.8) is 0 Å². The van der Waals surface area contributed by atoms with Crippen LogP contribution in [-0.4, -0.2) is 30.3 Å². The maximum atomic E-state index is 9.19. The van der Waals surface area contributed by atoms with Gasteiger partial charge in [-0.05, 0) is 6.42 Å². The van der Waals surface area contributed by atoms with Crippen LogP contribution in [0.4, 0.5) is 0 Å². The van der Waals surface area contributed by atoms with Crippen molar-refractivity contribution < 1.29 is 9.84 Å². The van der Waals surface area contributed by atoms with Gasteiger partial charge in [0.15, 0.2) is 0 Å². The van der Waals surface area contributed by atoms with Crippen LogP contribution in [0, 0.1) is 0 Å². The van der Waals surface area contributed by atoms with Gasteiger partial charge in [0.05, 0.1) is 18.1 Å². The molecule has 2 unspecified atom stereocenters. The molecule has 0 heterocycles. The molecular formula is C7H15ClO2. The van der Waals surface area contributed by atoms with Gasteiger partial charge in [0, 0.05) is 7.11 Å². The third kappa shape index (κ3) is 3.40. The van der Waals surface area contributed by atoms with Crippen LogP contribution >= 0.6 is 11.6 Å². The highest BCUT2D eigenvalue weighted by molar-refractivity contribution is 6.18. The van der Waals surface area contributed by atoms with E-state index in [1.165, 1.54) is 0 Å². The Morgan fingerprint density at radius 3 is 2.50 bits per heavy atom. The Morgan fingerprint density at radius 1 is 1.60 bits per heavy atom. The van der Waals surface area contributed by atoms with Crippen molar-refractivity contribution in [3.05, 3.63) is 0 Å². The van der Waals surface area contributed by atoms with E-state index < -0.39 is 6.10 Å². The Bertz CT molecular complexity index is 78.0. The first-order valence-electron chi connectivity index (χ1n) is 3.53. The average Bonchev–Trinajstić information content (AvgIpc) is 1.99. The zero-order chi connectivity index (χ0) is 7.98. The van der Waals surface area contributed by atoms with Crippen LogP contribution in [0.5, 0.6) is 0 Å². The van der Waals surface area contributed by atoms with Gasteiger partial charge in [-0.15, -0.1) is 11.6 Å². The first-order chi connectivity index (χ1) is 4.76. The second kappa shape index (κ2) is 5.96. The zero-order valence-electron chi connectivity index (χ0n) is 6.51. The smallest absolute Gasteiger partial charge is 0.0936 e. The third-order valence-corrected chi connectivity index (χ3v) is 1.78. The summed E-state index contributed by atoms with van der Waals surface area (Å²) in [7, 11) is 1.59. The van der Waals surface area contributed by atoms with Gasteiger partial charge in [-0.25, -0.2) is 0 Å². The molecule has 0 aromatic carbocycles. The van der Waals surface area contributed by atoms with E-state index in [4.69, 9.17) is 16.3 Å². The van der Waals surface area contributed by atoms with E-state index in [-0.39, 0.29) is 12.0 Å². The average molecular weight is 167 g/mol. The molecule has 0 rings (SSSR count). The molecule has 0 spiro atoms. The van der Waals surface area contributed by atoms with Crippen molar-refractivity contribution in [1.82, 2.24) is 0 Å². The predicted octanol–water partition coefficient (Wildman–Crippen LogP) is 1.40. The fraction of sp³-hybridized carbons (Fsp3) is 1.00. The second-order valence-corrected chi connectivity index (χ2v) is 2.59. The van der Waals surface area contributed by atoms with Gasteiger partial charge < -0.3 is 9.84 Å². The topological polar surface area (TPSA) is 29.5 Å². The molecule has 1 N–H and O–H groups in total. The summed E-state index contributed by atoms with van der Waals surface area (Å²) in [6.45, 7) is 2.05. The van der Waals surface area contributed by atoms with Crippen LogP contribution in [0.1, 0.15) is 19.8 Å². The molecule has 0 fully saturated rings. The summed E-state index contributed by atoms with van der Waals surface area (Å²) < 4.78 is 5.01. The van der Waals surface area contributed by atoms with E-state index in [0.717, 1.165) is 12.8 Å². The fourth-order valence-corrected chi connectivity index (χ4v) is 1.05. The summed E-state index contributed by atoms with van der Waals surface area (Å²) in [5.74, 6) is 0.249. The lowest BCUT2D eigenvalue weighted by Gasteiger charge is -2.18. The van der Waals surface area contributed by atoms with Crippen LogP contribution in [-0.2, 0) is 4.74 Å². The minimum absolute atomic E-state index is 0.0949. The van der Waals surface area contributed by atoms with E-state index >= 15 is 0 Å². The third-order valence-electron chi connectivity index (χ3n) is 1.46. The van der Waals surface area contributed by atoms with Gasteiger partial charge in [-0.3, -0.25) is 0 Å². The minimum Gasteiger partial charge on any atom is -0.389 e. The summed E-state index contributed by atoms with van der Waals surface area (Å²) >= 11 is 5.43. The molecule has 0 aromatic rings. The maximum absolute atomic E-state index is 9.19. The monoisotopic (exact) mass is 166 g/mol. The predicted molar refractivity (Wildman–Crippen MR) is 42.4 cm³/mol. The molecule has 0 amide bonds. The van der Waals surface area contributed by atoms with E-state index in [9.17, 15) is 5.11 Å². The zero-order valence-corrected chi connectivity index (χ0v) is 7.27. The van der Waals surface area contributed by atoms with Crippen molar-refractivity contribution in [2.24, 2.45) is 0 Å². The number of rotatable bonds is 5. The van der Waals surface area contributed by atoms with Gasteiger partial charge in [0.1, 0.15) is 0 Å². The number of ether oxygens (including phenoxy) is 1. The highest BCUT2D eigenvalue weighted by Crippen LogP contribution is 2.07. The lowest BCUT2D eigenvalue weighted by atomic mass is 10.1. The molecule has 0 aromatic heterocycles. The first kappa shape index (κ1) is 10.2. The molecule has 0 saturated heterocycles. The van der Waals surface area contributed by atoms with Crippen LogP contribution in [0.15, 0.2) is 0 Å². The quantitative estimate of drug-likeness (QED) is 0.626. The minimum atomic E-state index is -0.522. The highest BCUT2D eigenvalue weighted by Gasteiger charge is 2.15. The van der Waals surface area contributed by atoms with Gasteiger partial charge in [-0.2, -0.15) is 0 Å². The summed E-state index contributed by atoms with van der Waals surface area (Å²) in [4.78, 5) is 0. The van der Waals surface area contributed by atoms with Crippen molar-refractivity contribution in [3.8, 4) is 0 Å². The van der Waals surface area contributed by atoms with Crippen molar-refractivity contribution in [1.29, 1.82) is 0 Å². The lowest BCUT2D eigenvalue weighted by molar-refractivity contribution is -0.00521. The first-order valence-corrected chi connectivity index (χ1v) is 4.06. The molecular weight excluding hydrogens is 152 g/mol. The van der Waals surface area contributed by atoms with Crippen LogP contribution in [0.25, 0.3) is 0 Å². The number of hydrogen-bond acceptors (Lipinski definition) is 2. The Hall–Kier alpha value is 0.210. The molecule has 10 heavy (non-hydrogen) atoms. The number of alkyl halides is 1. The summed E-state index contributed by atoms with van der Waals surface area (Å²) in [5, 5.41) is 9.19. The fourth-order valence-electron chi connectivity index (χ4n) is 0.851. The Morgan fingerprint density at radius 2 is 2.20 bits per heavy atom. The van der Waals surface area contributed by atoms with Gasteiger partial charge in [0.2, 0.25) is 0 Å². The van der Waals surface area contributed by atoms with E-state index in [1.54, 1.807) is 7.11 Å². The molecule has 3 heteroatoms. The molecule has 0 aliphatic heterocycles. The molecule has 2 atom stereocenters. The number of methoxy groups -OCH3 is 1. The lowest BCUT2D eigenvalue weighted by Crippen LogP contribution is -2.29. The molecule has 0 radical (unpaired) electrons. The molecule has 0 bridgehead atoms.